The molecular formula is C23H25ClFN5O3S. The SMILES string of the molecule is C[C@H](/C=C/S(C)(=O)=O)CCC(=O)c1ncc(NC(c2cccc(F)c2Cl)C2CC2)c2nncn12. The van der Waals surface area contributed by atoms with Crippen molar-refractivity contribution in [1.29, 1.82) is 0 Å². The van der Waals surface area contributed by atoms with Gasteiger partial charge in [0, 0.05) is 18.1 Å². The summed E-state index contributed by atoms with van der Waals surface area (Å²) in [5, 5.41) is 12.7. The quantitative estimate of drug-likeness (QED) is 0.400. The van der Waals surface area contributed by atoms with Crippen LogP contribution in [0.3, 0.4) is 0 Å². The molecule has 1 unspecified atom stereocenters. The molecule has 0 amide bonds. The Labute approximate surface area is 202 Å². The molecule has 1 fully saturated rings. The number of hydrogen-bond donors (Lipinski definition) is 1. The van der Waals surface area contributed by atoms with Gasteiger partial charge in [-0.15, -0.1) is 10.2 Å². The molecule has 1 aromatic carbocycles. The molecule has 1 N–H and O–H groups in total. The maximum absolute atomic E-state index is 14.1. The van der Waals surface area contributed by atoms with Gasteiger partial charge in [-0.05, 0) is 42.7 Å². The maximum Gasteiger partial charge on any atom is 0.198 e. The molecule has 4 rings (SSSR count). The topological polar surface area (TPSA) is 106 Å². The van der Waals surface area contributed by atoms with E-state index in [4.69, 9.17) is 11.6 Å². The number of halogens is 2. The monoisotopic (exact) mass is 505 g/mol. The van der Waals surface area contributed by atoms with E-state index in [0.717, 1.165) is 24.5 Å². The minimum Gasteiger partial charge on any atom is -0.374 e. The van der Waals surface area contributed by atoms with Gasteiger partial charge in [0.15, 0.2) is 27.1 Å². The smallest absolute Gasteiger partial charge is 0.198 e. The molecule has 34 heavy (non-hydrogen) atoms. The predicted molar refractivity (Wildman–Crippen MR) is 128 cm³/mol. The summed E-state index contributed by atoms with van der Waals surface area (Å²) in [5.74, 6) is -0.283. The van der Waals surface area contributed by atoms with E-state index in [2.05, 4.69) is 20.5 Å². The largest absolute Gasteiger partial charge is 0.374 e. The van der Waals surface area contributed by atoms with Gasteiger partial charge >= 0.3 is 0 Å². The average Bonchev–Trinajstić information content (AvgIpc) is 3.51. The summed E-state index contributed by atoms with van der Waals surface area (Å²) in [5.41, 5.74) is 1.66. The van der Waals surface area contributed by atoms with Crippen molar-refractivity contribution in [1.82, 2.24) is 19.6 Å². The van der Waals surface area contributed by atoms with Crippen LogP contribution in [0, 0.1) is 17.7 Å². The van der Waals surface area contributed by atoms with Crippen LogP contribution >= 0.6 is 11.6 Å². The van der Waals surface area contributed by atoms with Crippen molar-refractivity contribution in [3.8, 4) is 0 Å². The third kappa shape index (κ3) is 5.61. The van der Waals surface area contributed by atoms with Crippen LogP contribution in [0.15, 0.2) is 42.2 Å². The van der Waals surface area contributed by atoms with Crippen molar-refractivity contribution in [2.75, 3.05) is 11.6 Å². The Bertz CT molecular complexity index is 1350. The van der Waals surface area contributed by atoms with E-state index in [1.165, 1.54) is 23.0 Å². The number of benzene rings is 1. The molecule has 0 bridgehead atoms. The van der Waals surface area contributed by atoms with Crippen molar-refractivity contribution in [3.63, 3.8) is 0 Å². The second kappa shape index (κ2) is 9.79. The van der Waals surface area contributed by atoms with Crippen LogP contribution in [-0.2, 0) is 9.84 Å². The normalized spacial score (nSPS) is 16.1. The van der Waals surface area contributed by atoms with Gasteiger partial charge in [-0.25, -0.2) is 17.8 Å². The number of Topliss-reactive ketones (excluding diaryl/α,β-unsaturated/α-hetero) is 1. The van der Waals surface area contributed by atoms with Gasteiger partial charge in [0.05, 0.1) is 22.9 Å². The maximum atomic E-state index is 14.1. The average molecular weight is 506 g/mol. The molecule has 2 atom stereocenters. The lowest BCUT2D eigenvalue weighted by Crippen LogP contribution is -2.17. The highest BCUT2D eigenvalue weighted by molar-refractivity contribution is 7.93. The lowest BCUT2D eigenvalue weighted by molar-refractivity contribution is 0.0965. The number of fused-ring (bicyclic) bond motifs is 1. The van der Waals surface area contributed by atoms with Gasteiger partial charge in [-0.2, -0.15) is 0 Å². The number of allylic oxidation sites excluding steroid dienone is 1. The highest BCUT2D eigenvalue weighted by Gasteiger charge is 2.34. The zero-order valence-corrected chi connectivity index (χ0v) is 20.4. The first kappa shape index (κ1) is 24.3. The molecule has 0 spiro atoms. The van der Waals surface area contributed by atoms with Gasteiger partial charge in [0.1, 0.15) is 12.1 Å². The third-order valence-electron chi connectivity index (χ3n) is 5.78. The molecule has 1 aliphatic rings. The van der Waals surface area contributed by atoms with E-state index in [1.54, 1.807) is 18.2 Å². The van der Waals surface area contributed by atoms with E-state index in [-0.39, 0.29) is 35.0 Å². The van der Waals surface area contributed by atoms with Gasteiger partial charge in [0.2, 0.25) is 0 Å². The van der Waals surface area contributed by atoms with E-state index in [9.17, 15) is 17.6 Å². The van der Waals surface area contributed by atoms with Crippen molar-refractivity contribution in [2.45, 2.75) is 38.6 Å². The molecule has 180 valence electrons. The summed E-state index contributed by atoms with van der Waals surface area (Å²) in [6.45, 7) is 1.85. The lowest BCUT2D eigenvalue weighted by atomic mass is 10.0. The molecule has 3 aromatic rings. The van der Waals surface area contributed by atoms with Crippen LogP contribution in [0.25, 0.3) is 5.65 Å². The fraction of sp³-hybridized carbons (Fsp3) is 0.391. The standard InChI is InChI=1S/C23H25ClFN5O3S/c1-14(10-11-34(2,32)33)6-9-19(31)23-26-12-18(22-29-27-13-30(22)23)28-21(15-7-8-15)16-4-3-5-17(25)20(16)24/h3-5,10-15,21,28H,6-9H2,1-2H3/b11-10+/t14-,21?/m0/s1. The molecule has 1 aliphatic carbocycles. The Kier molecular flexibility index (Phi) is 6.99. The number of ketones is 1. The Hall–Kier alpha value is -2.85. The summed E-state index contributed by atoms with van der Waals surface area (Å²) in [6.07, 6.45) is 8.30. The van der Waals surface area contributed by atoms with Crippen LogP contribution < -0.4 is 5.32 Å². The summed E-state index contributed by atoms with van der Waals surface area (Å²) in [6, 6.07) is 4.53. The summed E-state index contributed by atoms with van der Waals surface area (Å²) < 4.78 is 38.2. The molecule has 0 radical (unpaired) electrons. The summed E-state index contributed by atoms with van der Waals surface area (Å²) >= 11 is 6.25. The summed E-state index contributed by atoms with van der Waals surface area (Å²) in [4.78, 5) is 17.2. The third-order valence-corrected chi connectivity index (χ3v) is 6.83. The lowest BCUT2D eigenvalue weighted by Gasteiger charge is -2.21. The molecule has 0 saturated heterocycles. The van der Waals surface area contributed by atoms with Crippen molar-refractivity contribution in [2.24, 2.45) is 11.8 Å². The molecule has 2 aromatic heterocycles. The number of anilines is 1. The van der Waals surface area contributed by atoms with Crippen LogP contribution in [0.2, 0.25) is 5.02 Å². The number of carbonyl (C=O) groups is 1. The number of nitrogens with one attached hydrogen (secondary N) is 1. The summed E-state index contributed by atoms with van der Waals surface area (Å²) in [7, 11) is -3.21. The number of rotatable bonds is 10. The molecule has 2 heterocycles. The number of carbonyl (C=O) groups excluding carboxylic acids is 1. The van der Waals surface area contributed by atoms with Crippen molar-refractivity contribution >= 4 is 38.6 Å². The molecule has 11 heteroatoms. The fourth-order valence-electron chi connectivity index (χ4n) is 3.78. The van der Waals surface area contributed by atoms with E-state index >= 15 is 0 Å². The van der Waals surface area contributed by atoms with Gasteiger partial charge in [-0.1, -0.05) is 36.7 Å². The van der Waals surface area contributed by atoms with Crippen LogP contribution in [0.5, 0.6) is 0 Å². The van der Waals surface area contributed by atoms with Crippen molar-refractivity contribution in [3.05, 3.63) is 64.4 Å². The second-order valence-electron chi connectivity index (χ2n) is 8.72. The minimum absolute atomic E-state index is 0.0863. The van der Waals surface area contributed by atoms with Gasteiger partial charge in [-0.3, -0.25) is 9.20 Å². The first-order valence-corrected chi connectivity index (χ1v) is 13.3. The fourth-order valence-corrected chi connectivity index (χ4v) is 4.58. The minimum atomic E-state index is -3.21. The predicted octanol–water partition coefficient (Wildman–Crippen LogP) is 4.64. The van der Waals surface area contributed by atoms with Gasteiger partial charge in [0.25, 0.3) is 0 Å². The zero-order chi connectivity index (χ0) is 24.5. The second-order valence-corrected chi connectivity index (χ2v) is 11.0. The molecule has 1 saturated carbocycles. The van der Waals surface area contributed by atoms with Crippen LogP contribution in [-0.4, -0.2) is 40.0 Å². The Balaban J connectivity index is 1.54. The number of aromatic nitrogens is 4. The highest BCUT2D eigenvalue weighted by Crippen LogP contribution is 2.45. The molecule has 0 aliphatic heterocycles. The first-order valence-electron chi connectivity index (χ1n) is 10.9. The van der Waals surface area contributed by atoms with Crippen LogP contribution in [0.4, 0.5) is 10.1 Å². The Morgan fingerprint density at radius 2 is 2.15 bits per heavy atom. The van der Waals surface area contributed by atoms with E-state index < -0.39 is 15.7 Å². The zero-order valence-electron chi connectivity index (χ0n) is 18.8. The molecular weight excluding hydrogens is 481 g/mol. The number of sulfone groups is 1. The van der Waals surface area contributed by atoms with E-state index in [1.807, 2.05) is 6.92 Å². The number of hydrogen-bond acceptors (Lipinski definition) is 7. The highest BCUT2D eigenvalue weighted by atomic mass is 35.5. The Morgan fingerprint density at radius 3 is 2.85 bits per heavy atom. The first-order chi connectivity index (χ1) is 16.1. The van der Waals surface area contributed by atoms with E-state index in [0.29, 0.717) is 29.2 Å². The van der Waals surface area contributed by atoms with Crippen LogP contribution in [0.1, 0.15) is 54.8 Å². The molecule has 8 nitrogen and oxygen atoms in total. The van der Waals surface area contributed by atoms with Gasteiger partial charge < -0.3 is 5.32 Å². The number of nitrogens with zero attached hydrogens (tertiary/aromatic N) is 4. The van der Waals surface area contributed by atoms with Crippen molar-refractivity contribution < 1.29 is 17.6 Å². The Morgan fingerprint density at radius 1 is 1.38 bits per heavy atom.